The molecule has 0 bridgehead atoms. The van der Waals surface area contributed by atoms with E-state index in [-0.39, 0.29) is 30.4 Å². The van der Waals surface area contributed by atoms with Crippen molar-refractivity contribution in [2.24, 2.45) is 11.8 Å². The topological polar surface area (TPSA) is 183 Å². The van der Waals surface area contributed by atoms with Crippen molar-refractivity contribution >= 4 is 60.4 Å². The molecule has 5 amide bonds. The first-order valence-corrected chi connectivity index (χ1v) is 16.7. The Labute approximate surface area is 269 Å². The van der Waals surface area contributed by atoms with Crippen molar-refractivity contribution in [1.82, 2.24) is 26.6 Å². The fourth-order valence-corrected chi connectivity index (χ4v) is 5.04. The van der Waals surface area contributed by atoms with Crippen LogP contribution in [0, 0.1) is 11.8 Å². The molecule has 6 N–H and O–H groups in total. The molecule has 0 aliphatic rings. The molecule has 1 aromatic rings. The Hall–Kier alpha value is -3.26. The highest BCUT2D eigenvalue weighted by molar-refractivity contribution is 7.98. The molecule has 0 fully saturated rings. The third-order valence-electron chi connectivity index (χ3n) is 7.04. The molecule has 0 unspecified atom stereocenters. The van der Waals surface area contributed by atoms with Gasteiger partial charge in [-0.25, -0.2) is 4.79 Å². The fourth-order valence-electron chi connectivity index (χ4n) is 4.32. The molecule has 12 nitrogen and oxygen atoms in total. The smallest absolute Gasteiger partial charge is 0.327 e. The van der Waals surface area contributed by atoms with Gasteiger partial charge in [-0.2, -0.15) is 24.4 Å². The summed E-state index contributed by atoms with van der Waals surface area (Å²) in [6, 6.07) is 3.71. The van der Waals surface area contributed by atoms with Crippen LogP contribution in [0.25, 0.3) is 0 Å². The predicted molar refractivity (Wildman–Crippen MR) is 174 cm³/mol. The van der Waals surface area contributed by atoms with E-state index in [9.17, 15) is 33.9 Å². The number of aliphatic carboxylic acids is 1. The number of rotatable bonds is 21. The number of nitrogens with one attached hydrogen (secondary N) is 5. The summed E-state index contributed by atoms with van der Waals surface area (Å²) in [5.41, 5.74) is 0.746. The van der Waals surface area contributed by atoms with E-state index in [2.05, 4.69) is 39.2 Å². The standard InChI is InChI=1S/C30H47N5O7S2/c1-6-19(4)25(29(40)34-24(16-43)30(41)42)35-28(39)23(15-20-10-8-7-9-11-20)33-27(38)22(14-18(2)3)32-26(37)21(31-17-36)12-13-44-5/h7-11,17-19,21-25,43H,6,12-16H2,1-5H3,(H,31,36)(H,32,37)(H,33,38)(H,34,40)(H,35,39)(H,41,42)/t19-,21-,22-,23-,24-,25-/m0/s1. The summed E-state index contributed by atoms with van der Waals surface area (Å²) >= 11 is 5.51. The molecule has 0 spiro atoms. The number of carbonyl (C=O) groups is 6. The van der Waals surface area contributed by atoms with Gasteiger partial charge in [0, 0.05) is 12.2 Å². The average molecular weight is 654 g/mol. The normalized spacial score (nSPS) is 15.1. The van der Waals surface area contributed by atoms with Gasteiger partial charge in [-0.15, -0.1) is 0 Å². The first-order valence-electron chi connectivity index (χ1n) is 14.7. The van der Waals surface area contributed by atoms with Gasteiger partial charge in [0.2, 0.25) is 30.0 Å². The second-order valence-electron chi connectivity index (χ2n) is 11.0. The van der Waals surface area contributed by atoms with Crippen molar-refractivity contribution in [2.75, 3.05) is 17.8 Å². The van der Waals surface area contributed by atoms with E-state index in [0.29, 0.717) is 25.0 Å². The predicted octanol–water partition coefficient (Wildman–Crippen LogP) is 1.14. The van der Waals surface area contributed by atoms with Crippen LogP contribution >= 0.6 is 24.4 Å². The minimum absolute atomic E-state index is 0.00335. The van der Waals surface area contributed by atoms with Crippen LogP contribution in [0.5, 0.6) is 0 Å². The lowest BCUT2D eigenvalue weighted by molar-refractivity contribution is -0.142. The second-order valence-corrected chi connectivity index (χ2v) is 12.4. The molecule has 0 aliphatic carbocycles. The van der Waals surface area contributed by atoms with Crippen molar-refractivity contribution in [2.45, 2.75) is 83.6 Å². The Morgan fingerprint density at radius 2 is 1.43 bits per heavy atom. The van der Waals surface area contributed by atoms with Crippen molar-refractivity contribution in [3.8, 4) is 0 Å². The SMILES string of the molecule is CC[C@H](C)[C@H](NC(=O)[C@H](Cc1ccccc1)NC(=O)[C@H](CC(C)C)NC(=O)[C@H](CCSC)NC=O)C(=O)N[C@@H](CS)C(=O)O. The van der Waals surface area contributed by atoms with Gasteiger partial charge in [-0.1, -0.05) is 64.4 Å². The Balaban J connectivity index is 3.29. The van der Waals surface area contributed by atoms with Crippen LogP contribution in [-0.4, -0.2) is 89.1 Å². The zero-order chi connectivity index (χ0) is 33.2. The fraction of sp³-hybridized carbons (Fsp3) is 0.600. The molecule has 14 heteroatoms. The third-order valence-corrected chi connectivity index (χ3v) is 8.05. The highest BCUT2D eigenvalue weighted by Gasteiger charge is 2.34. The summed E-state index contributed by atoms with van der Waals surface area (Å²) in [5, 5.41) is 22.5. The molecule has 6 atom stereocenters. The van der Waals surface area contributed by atoms with Crippen LogP contribution in [-0.2, 0) is 35.2 Å². The summed E-state index contributed by atoms with van der Waals surface area (Å²) in [4.78, 5) is 76.1. The zero-order valence-corrected chi connectivity index (χ0v) is 27.7. The van der Waals surface area contributed by atoms with Gasteiger partial charge in [-0.3, -0.25) is 24.0 Å². The van der Waals surface area contributed by atoms with E-state index in [1.165, 1.54) is 11.8 Å². The van der Waals surface area contributed by atoms with E-state index in [0.717, 1.165) is 5.56 Å². The van der Waals surface area contributed by atoms with E-state index in [4.69, 9.17) is 0 Å². The molecule has 0 saturated heterocycles. The van der Waals surface area contributed by atoms with E-state index < -0.39 is 59.8 Å². The summed E-state index contributed by atoms with van der Waals surface area (Å²) in [6.07, 6.45) is 3.56. The molecular weight excluding hydrogens is 606 g/mol. The number of carbonyl (C=O) groups excluding carboxylic acids is 5. The first-order chi connectivity index (χ1) is 20.9. The highest BCUT2D eigenvalue weighted by Crippen LogP contribution is 2.12. The van der Waals surface area contributed by atoms with Crippen LogP contribution in [0.15, 0.2) is 30.3 Å². The zero-order valence-electron chi connectivity index (χ0n) is 26.0. The van der Waals surface area contributed by atoms with E-state index in [1.54, 1.807) is 31.2 Å². The molecule has 1 aromatic carbocycles. The quantitative estimate of drug-likeness (QED) is 0.0762. The Kier molecular flexibility index (Phi) is 18.2. The number of hydrogen-bond donors (Lipinski definition) is 7. The van der Waals surface area contributed by atoms with Crippen molar-refractivity contribution in [1.29, 1.82) is 0 Å². The van der Waals surface area contributed by atoms with Crippen LogP contribution < -0.4 is 26.6 Å². The molecule has 44 heavy (non-hydrogen) atoms. The molecule has 0 aromatic heterocycles. The van der Waals surface area contributed by atoms with Gasteiger partial charge in [0.25, 0.3) is 0 Å². The number of hydrogen-bond acceptors (Lipinski definition) is 8. The van der Waals surface area contributed by atoms with Gasteiger partial charge in [0.1, 0.15) is 30.2 Å². The number of thioether (sulfide) groups is 1. The Morgan fingerprint density at radius 1 is 0.864 bits per heavy atom. The average Bonchev–Trinajstić information content (AvgIpc) is 2.99. The summed E-state index contributed by atoms with van der Waals surface area (Å²) in [5.74, 6) is -3.57. The van der Waals surface area contributed by atoms with Gasteiger partial charge >= 0.3 is 5.97 Å². The highest BCUT2D eigenvalue weighted by atomic mass is 32.2. The minimum atomic E-state index is -1.26. The number of carboxylic acid groups (broad SMARTS) is 1. The molecular formula is C30H47N5O7S2. The van der Waals surface area contributed by atoms with Gasteiger partial charge in [-0.05, 0) is 42.2 Å². The number of thiol groups is 1. The van der Waals surface area contributed by atoms with Crippen molar-refractivity contribution in [3.05, 3.63) is 35.9 Å². The maximum absolute atomic E-state index is 13.7. The largest absolute Gasteiger partial charge is 0.480 e. The molecule has 0 heterocycles. The number of benzene rings is 1. The molecule has 1 rings (SSSR count). The van der Waals surface area contributed by atoms with Gasteiger partial charge in [0.15, 0.2) is 0 Å². The monoisotopic (exact) mass is 653 g/mol. The maximum atomic E-state index is 13.7. The Bertz CT molecular complexity index is 1090. The summed E-state index contributed by atoms with van der Waals surface area (Å²) < 4.78 is 0. The van der Waals surface area contributed by atoms with Crippen LogP contribution in [0.4, 0.5) is 0 Å². The lowest BCUT2D eigenvalue weighted by atomic mass is 9.96. The minimum Gasteiger partial charge on any atom is -0.480 e. The van der Waals surface area contributed by atoms with Crippen LogP contribution in [0.2, 0.25) is 0 Å². The van der Waals surface area contributed by atoms with E-state index in [1.807, 2.05) is 33.1 Å². The number of carboxylic acids is 1. The summed E-state index contributed by atoms with van der Waals surface area (Å²) in [7, 11) is 0. The molecule has 246 valence electrons. The number of amides is 5. The van der Waals surface area contributed by atoms with Crippen LogP contribution in [0.1, 0.15) is 52.5 Å². The maximum Gasteiger partial charge on any atom is 0.327 e. The van der Waals surface area contributed by atoms with Gasteiger partial charge < -0.3 is 31.7 Å². The van der Waals surface area contributed by atoms with Crippen molar-refractivity contribution < 1.29 is 33.9 Å². The molecule has 0 radical (unpaired) electrons. The summed E-state index contributed by atoms with van der Waals surface area (Å²) in [6.45, 7) is 7.36. The first kappa shape index (κ1) is 38.8. The molecule has 0 saturated carbocycles. The lowest BCUT2D eigenvalue weighted by Crippen LogP contribution is -2.60. The van der Waals surface area contributed by atoms with Crippen molar-refractivity contribution in [3.63, 3.8) is 0 Å². The molecule has 0 aliphatic heterocycles. The van der Waals surface area contributed by atoms with Crippen LogP contribution in [0.3, 0.4) is 0 Å². The second kappa shape index (κ2) is 20.7. The lowest BCUT2D eigenvalue weighted by Gasteiger charge is -2.29. The van der Waals surface area contributed by atoms with E-state index >= 15 is 0 Å². The Morgan fingerprint density at radius 3 is 1.95 bits per heavy atom. The third kappa shape index (κ3) is 13.6. The van der Waals surface area contributed by atoms with Gasteiger partial charge in [0.05, 0.1) is 0 Å².